The van der Waals surface area contributed by atoms with Crippen LogP contribution in [0.2, 0.25) is 0 Å². The molecule has 0 amide bonds. The molecule has 0 radical (unpaired) electrons. The van der Waals surface area contributed by atoms with E-state index in [2.05, 4.69) is 12.2 Å². The lowest BCUT2D eigenvalue weighted by atomic mass is 10.1. The minimum Gasteiger partial charge on any atom is -0.478 e. The van der Waals surface area contributed by atoms with Crippen molar-refractivity contribution in [3.63, 3.8) is 0 Å². The van der Waals surface area contributed by atoms with Gasteiger partial charge in [-0.25, -0.2) is 9.18 Å². The topological polar surface area (TPSA) is 49.3 Å². The molecule has 0 saturated heterocycles. The van der Waals surface area contributed by atoms with E-state index in [-0.39, 0.29) is 5.56 Å². The highest BCUT2D eigenvalue weighted by Crippen LogP contribution is 2.15. The van der Waals surface area contributed by atoms with Gasteiger partial charge in [-0.1, -0.05) is 39.0 Å². The van der Waals surface area contributed by atoms with Gasteiger partial charge in [-0.2, -0.15) is 0 Å². The second kappa shape index (κ2) is 8.51. The molecule has 1 aromatic carbocycles. The summed E-state index contributed by atoms with van der Waals surface area (Å²) >= 11 is 0. The number of carboxylic acid groups (broad SMARTS) is 1. The van der Waals surface area contributed by atoms with Gasteiger partial charge in [-0.15, -0.1) is 0 Å². The maximum atomic E-state index is 13.2. The number of carbonyl (C=O) groups is 1. The summed E-state index contributed by atoms with van der Waals surface area (Å²) in [6.45, 7) is 2.98. The predicted molar refractivity (Wildman–Crippen MR) is 75.2 cm³/mol. The van der Waals surface area contributed by atoms with E-state index in [9.17, 15) is 9.18 Å². The van der Waals surface area contributed by atoms with Crippen molar-refractivity contribution in [3.8, 4) is 0 Å². The number of carboxylic acids is 1. The summed E-state index contributed by atoms with van der Waals surface area (Å²) in [5, 5.41) is 11.9. The molecule has 0 atom stereocenters. The molecule has 1 rings (SSSR count). The maximum absolute atomic E-state index is 13.2. The van der Waals surface area contributed by atoms with Gasteiger partial charge in [0.2, 0.25) is 0 Å². The number of nitrogens with one attached hydrogen (secondary N) is 1. The summed E-state index contributed by atoms with van der Waals surface area (Å²) in [7, 11) is 0. The molecule has 0 aliphatic heterocycles. The fraction of sp³-hybridized carbons (Fsp3) is 0.533. The number of halogens is 1. The van der Waals surface area contributed by atoms with Crippen molar-refractivity contribution < 1.29 is 14.3 Å². The second-order valence-corrected chi connectivity index (χ2v) is 4.69. The number of hydrogen-bond donors (Lipinski definition) is 2. The van der Waals surface area contributed by atoms with Gasteiger partial charge in [0.15, 0.2) is 0 Å². The van der Waals surface area contributed by atoms with Crippen LogP contribution >= 0.6 is 0 Å². The summed E-state index contributed by atoms with van der Waals surface area (Å²) in [5.74, 6) is -1.93. The Labute approximate surface area is 113 Å². The summed E-state index contributed by atoms with van der Waals surface area (Å²) in [4.78, 5) is 10.8. The van der Waals surface area contributed by atoms with E-state index in [1.807, 2.05) is 0 Å². The standard InChI is InChI=1S/C15H22FNO2/c1-2-3-4-5-6-7-10-17-12-8-9-14(16)13(11-12)15(18)19/h8-9,11,17H,2-7,10H2,1H3,(H,18,19). The van der Waals surface area contributed by atoms with Crippen LogP contribution in [-0.2, 0) is 0 Å². The third kappa shape index (κ3) is 5.73. The molecule has 1 aromatic rings. The van der Waals surface area contributed by atoms with Gasteiger partial charge < -0.3 is 10.4 Å². The third-order valence-corrected chi connectivity index (χ3v) is 3.06. The van der Waals surface area contributed by atoms with Gasteiger partial charge in [-0.05, 0) is 24.6 Å². The van der Waals surface area contributed by atoms with Gasteiger partial charge in [-0.3, -0.25) is 0 Å². The Morgan fingerprint density at radius 3 is 2.58 bits per heavy atom. The lowest BCUT2D eigenvalue weighted by molar-refractivity contribution is 0.0692. The van der Waals surface area contributed by atoms with Gasteiger partial charge >= 0.3 is 5.97 Å². The zero-order valence-corrected chi connectivity index (χ0v) is 11.4. The Kier molecular flexibility index (Phi) is 6.93. The first-order valence-electron chi connectivity index (χ1n) is 6.92. The highest BCUT2D eigenvalue weighted by atomic mass is 19.1. The lowest BCUT2D eigenvalue weighted by Crippen LogP contribution is -2.05. The molecule has 0 spiro atoms. The van der Waals surface area contributed by atoms with E-state index in [1.54, 1.807) is 6.07 Å². The van der Waals surface area contributed by atoms with Gasteiger partial charge in [0.05, 0.1) is 5.56 Å². The van der Waals surface area contributed by atoms with Crippen LogP contribution in [-0.4, -0.2) is 17.6 Å². The van der Waals surface area contributed by atoms with Crippen molar-refractivity contribution in [2.45, 2.75) is 45.4 Å². The fourth-order valence-electron chi connectivity index (χ4n) is 1.94. The van der Waals surface area contributed by atoms with Crippen LogP contribution in [0.25, 0.3) is 0 Å². The maximum Gasteiger partial charge on any atom is 0.338 e. The SMILES string of the molecule is CCCCCCCCNc1ccc(F)c(C(=O)O)c1. The molecule has 0 fully saturated rings. The molecule has 0 aromatic heterocycles. The Bertz CT molecular complexity index is 407. The Morgan fingerprint density at radius 1 is 1.21 bits per heavy atom. The quantitative estimate of drug-likeness (QED) is 0.656. The van der Waals surface area contributed by atoms with Crippen LogP contribution < -0.4 is 5.32 Å². The molecule has 19 heavy (non-hydrogen) atoms. The van der Waals surface area contributed by atoms with Crippen molar-refractivity contribution in [1.82, 2.24) is 0 Å². The first-order valence-corrected chi connectivity index (χ1v) is 6.92. The van der Waals surface area contributed by atoms with Crippen LogP contribution in [0.5, 0.6) is 0 Å². The fourth-order valence-corrected chi connectivity index (χ4v) is 1.94. The van der Waals surface area contributed by atoms with Gasteiger partial charge in [0.1, 0.15) is 5.82 Å². The molecule has 4 heteroatoms. The summed E-state index contributed by atoms with van der Waals surface area (Å²) in [6.07, 6.45) is 7.25. The highest BCUT2D eigenvalue weighted by molar-refractivity contribution is 5.89. The van der Waals surface area contributed by atoms with Crippen LogP contribution in [0.1, 0.15) is 55.8 Å². The highest BCUT2D eigenvalue weighted by Gasteiger charge is 2.10. The van der Waals surface area contributed by atoms with E-state index in [4.69, 9.17) is 5.11 Å². The van der Waals surface area contributed by atoms with E-state index in [1.165, 1.54) is 44.2 Å². The zero-order valence-electron chi connectivity index (χ0n) is 11.4. The van der Waals surface area contributed by atoms with E-state index in [0.717, 1.165) is 13.0 Å². The molecule has 106 valence electrons. The van der Waals surface area contributed by atoms with Crippen molar-refractivity contribution in [2.24, 2.45) is 0 Å². The van der Waals surface area contributed by atoms with Crippen molar-refractivity contribution in [2.75, 3.05) is 11.9 Å². The summed E-state index contributed by atoms with van der Waals surface area (Å²) in [5.41, 5.74) is 0.375. The van der Waals surface area contributed by atoms with Gasteiger partial charge in [0.25, 0.3) is 0 Å². The molecular weight excluding hydrogens is 245 g/mol. The van der Waals surface area contributed by atoms with Crippen LogP contribution in [0, 0.1) is 5.82 Å². The van der Waals surface area contributed by atoms with Gasteiger partial charge in [0, 0.05) is 12.2 Å². The number of rotatable bonds is 9. The Balaban J connectivity index is 2.30. The number of benzene rings is 1. The molecular formula is C15H22FNO2. The van der Waals surface area contributed by atoms with Crippen LogP contribution in [0.15, 0.2) is 18.2 Å². The molecule has 0 aliphatic carbocycles. The van der Waals surface area contributed by atoms with Crippen LogP contribution in [0.3, 0.4) is 0 Å². The second-order valence-electron chi connectivity index (χ2n) is 4.69. The minimum absolute atomic E-state index is 0.284. The largest absolute Gasteiger partial charge is 0.478 e. The van der Waals surface area contributed by atoms with E-state index < -0.39 is 11.8 Å². The molecule has 0 heterocycles. The van der Waals surface area contributed by atoms with E-state index >= 15 is 0 Å². The molecule has 2 N–H and O–H groups in total. The monoisotopic (exact) mass is 267 g/mol. The van der Waals surface area contributed by atoms with Crippen molar-refractivity contribution >= 4 is 11.7 Å². The van der Waals surface area contributed by atoms with E-state index in [0.29, 0.717) is 5.69 Å². The average Bonchev–Trinajstić information content (AvgIpc) is 2.39. The van der Waals surface area contributed by atoms with Crippen LogP contribution in [0.4, 0.5) is 10.1 Å². The molecule has 3 nitrogen and oxygen atoms in total. The number of unbranched alkanes of at least 4 members (excludes halogenated alkanes) is 5. The normalized spacial score (nSPS) is 10.4. The number of anilines is 1. The minimum atomic E-state index is -1.24. The number of aromatic carboxylic acids is 1. The Hall–Kier alpha value is -1.58. The first kappa shape index (κ1) is 15.5. The van der Waals surface area contributed by atoms with Crippen molar-refractivity contribution in [1.29, 1.82) is 0 Å². The summed E-state index contributed by atoms with van der Waals surface area (Å²) < 4.78 is 13.2. The smallest absolute Gasteiger partial charge is 0.338 e. The molecule has 0 saturated carbocycles. The molecule has 0 bridgehead atoms. The van der Waals surface area contributed by atoms with Crippen molar-refractivity contribution in [3.05, 3.63) is 29.6 Å². The molecule has 0 aliphatic rings. The average molecular weight is 267 g/mol. The summed E-state index contributed by atoms with van der Waals surface area (Å²) in [6, 6.07) is 4.10. The predicted octanol–water partition coefficient (Wildman–Crippen LogP) is 4.30. The third-order valence-electron chi connectivity index (χ3n) is 3.06. The first-order chi connectivity index (χ1) is 9.15. The molecule has 0 unspecified atom stereocenters. The lowest BCUT2D eigenvalue weighted by Gasteiger charge is -2.07. The Morgan fingerprint density at radius 2 is 1.89 bits per heavy atom. The number of hydrogen-bond acceptors (Lipinski definition) is 2. The zero-order chi connectivity index (χ0) is 14.1.